The minimum absolute atomic E-state index is 0.453. The summed E-state index contributed by atoms with van der Waals surface area (Å²) in [4.78, 5) is 4.45. The van der Waals surface area contributed by atoms with Gasteiger partial charge in [-0.25, -0.2) is 0 Å². The van der Waals surface area contributed by atoms with Gasteiger partial charge in [-0.15, -0.1) is 0 Å². The van der Waals surface area contributed by atoms with Gasteiger partial charge in [-0.05, 0) is 72.4 Å². The van der Waals surface area contributed by atoms with Crippen molar-refractivity contribution in [2.75, 3.05) is 0 Å². The Morgan fingerprint density at radius 2 is 1.76 bits per heavy atom. The van der Waals surface area contributed by atoms with Crippen molar-refractivity contribution < 1.29 is 4.74 Å². The van der Waals surface area contributed by atoms with E-state index < -0.39 is 0 Å². The Labute approximate surface area is 126 Å². The third-order valence-electron chi connectivity index (χ3n) is 4.85. The maximum absolute atomic E-state index is 5.96. The molecule has 2 aliphatic rings. The minimum atomic E-state index is 0.453. The Balaban J connectivity index is 1.52. The topological polar surface area (TPSA) is 22.1 Å². The average molecular weight is 279 g/mol. The standard InChI is InChI=1S/C19H21NO/c1-13(2)18-6-5-17(12-20-18)21-16-4-3-14-10-19(7-8-19)11-15(14)9-16/h3-6,9,12-13H,7-8,10-11H2,1-2H3. The Kier molecular flexibility index (Phi) is 2.81. The van der Waals surface area contributed by atoms with Crippen molar-refractivity contribution in [2.24, 2.45) is 5.41 Å². The number of benzene rings is 1. The van der Waals surface area contributed by atoms with Gasteiger partial charge in [0.1, 0.15) is 11.5 Å². The summed E-state index contributed by atoms with van der Waals surface area (Å²) in [6.45, 7) is 4.30. The second-order valence-electron chi connectivity index (χ2n) is 6.96. The van der Waals surface area contributed by atoms with Crippen LogP contribution in [0.25, 0.3) is 0 Å². The van der Waals surface area contributed by atoms with Gasteiger partial charge in [-0.3, -0.25) is 4.98 Å². The zero-order valence-corrected chi connectivity index (χ0v) is 12.7. The van der Waals surface area contributed by atoms with E-state index in [1.165, 1.54) is 36.8 Å². The van der Waals surface area contributed by atoms with Crippen LogP contribution in [0, 0.1) is 5.41 Å². The number of hydrogen-bond donors (Lipinski definition) is 0. The molecule has 0 radical (unpaired) electrons. The van der Waals surface area contributed by atoms with Crippen LogP contribution in [-0.4, -0.2) is 4.98 Å². The molecule has 1 aromatic carbocycles. The quantitative estimate of drug-likeness (QED) is 0.799. The maximum atomic E-state index is 5.96. The van der Waals surface area contributed by atoms with Crippen LogP contribution in [0.4, 0.5) is 0 Å². The molecule has 1 aromatic heterocycles. The molecule has 2 aromatic rings. The van der Waals surface area contributed by atoms with Crippen LogP contribution in [0.15, 0.2) is 36.5 Å². The summed E-state index contributed by atoms with van der Waals surface area (Å²) >= 11 is 0. The zero-order valence-electron chi connectivity index (χ0n) is 12.7. The molecule has 2 heteroatoms. The second-order valence-corrected chi connectivity index (χ2v) is 6.96. The van der Waals surface area contributed by atoms with Crippen LogP contribution in [-0.2, 0) is 12.8 Å². The van der Waals surface area contributed by atoms with Crippen molar-refractivity contribution in [3.63, 3.8) is 0 Å². The van der Waals surface area contributed by atoms with E-state index in [0.717, 1.165) is 17.2 Å². The maximum Gasteiger partial charge on any atom is 0.145 e. The number of hydrogen-bond acceptors (Lipinski definition) is 2. The van der Waals surface area contributed by atoms with E-state index in [0.29, 0.717) is 11.3 Å². The summed E-state index contributed by atoms with van der Waals surface area (Å²) in [5, 5.41) is 0. The summed E-state index contributed by atoms with van der Waals surface area (Å²) < 4.78 is 5.96. The van der Waals surface area contributed by atoms with E-state index in [-0.39, 0.29) is 0 Å². The first-order valence-corrected chi connectivity index (χ1v) is 7.89. The molecule has 0 aliphatic heterocycles. The van der Waals surface area contributed by atoms with Gasteiger partial charge in [-0.1, -0.05) is 19.9 Å². The van der Waals surface area contributed by atoms with Crippen molar-refractivity contribution in [2.45, 2.75) is 45.4 Å². The fraction of sp³-hybridized carbons (Fsp3) is 0.421. The summed E-state index contributed by atoms with van der Waals surface area (Å²) in [6.07, 6.45) is 7.14. The van der Waals surface area contributed by atoms with Gasteiger partial charge < -0.3 is 4.74 Å². The highest BCUT2D eigenvalue weighted by Crippen LogP contribution is 2.55. The minimum Gasteiger partial charge on any atom is -0.456 e. The fourth-order valence-corrected chi connectivity index (χ4v) is 3.33. The first kappa shape index (κ1) is 12.9. The molecule has 2 aliphatic carbocycles. The summed E-state index contributed by atoms with van der Waals surface area (Å²) in [5.41, 5.74) is 4.73. The predicted molar refractivity (Wildman–Crippen MR) is 83.9 cm³/mol. The van der Waals surface area contributed by atoms with E-state index >= 15 is 0 Å². The predicted octanol–water partition coefficient (Wildman–Crippen LogP) is 4.88. The van der Waals surface area contributed by atoms with Crippen molar-refractivity contribution >= 4 is 0 Å². The number of aromatic nitrogens is 1. The van der Waals surface area contributed by atoms with E-state index in [1.54, 1.807) is 0 Å². The van der Waals surface area contributed by atoms with Gasteiger partial charge in [0.15, 0.2) is 0 Å². The monoisotopic (exact) mass is 279 g/mol. The number of nitrogens with zero attached hydrogens (tertiary/aromatic N) is 1. The Morgan fingerprint density at radius 1 is 1.00 bits per heavy atom. The van der Waals surface area contributed by atoms with Gasteiger partial charge in [0, 0.05) is 5.69 Å². The van der Waals surface area contributed by atoms with Crippen molar-refractivity contribution in [3.05, 3.63) is 53.3 Å². The van der Waals surface area contributed by atoms with Gasteiger partial charge in [0.05, 0.1) is 6.20 Å². The Morgan fingerprint density at radius 3 is 2.43 bits per heavy atom. The van der Waals surface area contributed by atoms with Crippen LogP contribution in [0.1, 0.15) is 49.4 Å². The number of rotatable bonds is 3. The van der Waals surface area contributed by atoms with E-state index in [2.05, 4.69) is 37.0 Å². The lowest BCUT2D eigenvalue weighted by Crippen LogP contribution is -1.96. The molecule has 0 N–H and O–H groups in total. The summed E-state index contributed by atoms with van der Waals surface area (Å²) in [6, 6.07) is 10.6. The largest absolute Gasteiger partial charge is 0.456 e. The van der Waals surface area contributed by atoms with Gasteiger partial charge >= 0.3 is 0 Å². The van der Waals surface area contributed by atoms with Crippen LogP contribution in [0.2, 0.25) is 0 Å². The Hall–Kier alpha value is -1.83. The molecule has 2 nitrogen and oxygen atoms in total. The molecule has 1 spiro atoms. The average Bonchev–Trinajstić information content (AvgIpc) is 3.10. The van der Waals surface area contributed by atoms with Crippen LogP contribution in [0.5, 0.6) is 11.5 Å². The number of fused-ring (bicyclic) bond motifs is 1. The Bertz CT molecular complexity index is 668. The molecular formula is C19H21NO. The smallest absolute Gasteiger partial charge is 0.145 e. The van der Waals surface area contributed by atoms with Gasteiger partial charge in [0.25, 0.3) is 0 Å². The fourth-order valence-electron chi connectivity index (χ4n) is 3.33. The first-order valence-electron chi connectivity index (χ1n) is 7.89. The first-order chi connectivity index (χ1) is 10.1. The molecular weight excluding hydrogens is 258 g/mol. The molecule has 0 atom stereocenters. The van der Waals surface area contributed by atoms with Crippen molar-refractivity contribution in [1.82, 2.24) is 4.98 Å². The molecule has 21 heavy (non-hydrogen) atoms. The molecule has 108 valence electrons. The number of ether oxygens (including phenoxy) is 1. The highest BCUT2D eigenvalue weighted by molar-refractivity contribution is 5.43. The van der Waals surface area contributed by atoms with Crippen molar-refractivity contribution in [3.8, 4) is 11.5 Å². The molecule has 4 rings (SSSR count). The van der Waals surface area contributed by atoms with E-state index in [1.807, 2.05) is 18.3 Å². The zero-order chi connectivity index (χ0) is 14.4. The number of pyridine rings is 1. The third-order valence-corrected chi connectivity index (χ3v) is 4.85. The van der Waals surface area contributed by atoms with E-state index in [9.17, 15) is 0 Å². The molecule has 0 saturated heterocycles. The lowest BCUT2D eigenvalue weighted by atomic mass is 10.0. The molecule has 0 bridgehead atoms. The van der Waals surface area contributed by atoms with E-state index in [4.69, 9.17) is 4.74 Å². The SMILES string of the molecule is CC(C)c1ccc(Oc2ccc3c(c2)CC2(CC2)C3)cn1. The second kappa shape index (κ2) is 4.59. The van der Waals surface area contributed by atoms with Crippen LogP contribution < -0.4 is 4.74 Å². The normalized spacial score (nSPS) is 18.0. The summed E-state index contributed by atoms with van der Waals surface area (Å²) in [5.74, 6) is 2.21. The third kappa shape index (κ3) is 2.44. The van der Waals surface area contributed by atoms with Gasteiger partial charge in [0.2, 0.25) is 0 Å². The van der Waals surface area contributed by atoms with Crippen molar-refractivity contribution in [1.29, 1.82) is 0 Å². The molecule has 0 unspecified atom stereocenters. The summed E-state index contributed by atoms with van der Waals surface area (Å²) in [7, 11) is 0. The molecule has 0 amide bonds. The van der Waals surface area contributed by atoms with Crippen LogP contribution in [0.3, 0.4) is 0 Å². The molecule has 1 heterocycles. The van der Waals surface area contributed by atoms with Gasteiger partial charge in [-0.2, -0.15) is 0 Å². The lowest BCUT2D eigenvalue weighted by Gasteiger charge is -2.09. The highest BCUT2D eigenvalue weighted by Gasteiger charge is 2.46. The van der Waals surface area contributed by atoms with Crippen LogP contribution >= 0.6 is 0 Å². The highest BCUT2D eigenvalue weighted by atomic mass is 16.5. The molecule has 1 saturated carbocycles. The molecule has 1 fully saturated rings. The lowest BCUT2D eigenvalue weighted by molar-refractivity contribution is 0.478.